The number of guanidine groups is 1. The van der Waals surface area contributed by atoms with Crippen LogP contribution < -0.4 is 11.5 Å². The molecule has 0 aliphatic heterocycles. The molecule has 0 amide bonds. The minimum atomic E-state index is -4.37. The molecule has 0 unspecified atom stereocenters. The van der Waals surface area contributed by atoms with E-state index < -0.39 is 11.7 Å². The Labute approximate surface area is 136 Å². The largest absolute Gasteiger partial charge is 0.416 e. The molecule has 0 saturated carbocycles. The van der Waals surface area contributed by atoms with E-state index in [4.69, 9.17) is 11.5 Å². The Kier molecular flexibility index (Phi) is 6.14. The van der Waals surface area contributed by atoms with E-state index in [1.54, 1.807) is 16.8 Å². The van der Waals surface area contributed by atoms with Crippen LogP contribution in [-0.4, -0.2) is 21.7 Å². The first-order valence-corrected chi connectivity index (χ1v) is 6.15. The smallest absolute Gasteiger partial charge is 0.369 e. The first-order chi connectivity index (χ1) is 10.4. The van der Waals surface area contributed by atoms with Gasteiger partial charge >= 0.3 is 6.18 Å². The van der Waals surface area contributed by atoms with Crippen LogP contribution in [-0.2, 0) is 12.7 Å². The van der Waals surface area contributed by atoms with Crippen molar-refractivity contribution in [3.63, 3.8) is 0 Å². The van der Waals surface area contributed by atoms with Gasteiger partial charge in [0.2, 0.25) is 5.96 Å². The second-order valence-electron chi connectivity index (χ2n) is 4.38. The minimum absolute atomic E-state index is 0. The predicted molar refractivity (Wildman–Crippen MR) is 83.4 cm³/mol. The lowest BCUT2D eigenvalue weighted by molar-refractivity contribution is -0.137. The standard InChI is InChI=1S/C13H13F3N6.ClH/c14-13(15,16)10-3-1-2-9(6-10)8-22-5-4-19-11(22)7-20-21-12(17)18;/h1-7H,8H2,(H4,17,18,21);1H/b20-7+;. The molecule has 1 heterocycles. The maximum atomic E-state index is 12.7. The van der Waals surface area contributed by atoms with Crippen LogP contribution in [0, 0.1) is 0 Å². The third-order valence-electron chi connectivity index (χ3n) is 2.70. The summed E-state index contributed by atoms with van der Waals surface area (Å²) in [4.78, 5) is 4.02. The minimum Gasteiger partial charge on any atom is -0.369 e. The highest BCUT2D eigenvalue weighted by Gasteiger charge is 2.30. The van der Waals surface area contributed by atoms with Crippen molar-refractivity contribution in [2.45, 2.75) is 12.7 Å². The van der Waals surface area contributed by atoms with Crippen molar-refractivity contribution >= 4 is 24.6 Å². The number of benzene rings is 1. The van der Waals surface area contributed by atoms with E-state index in [1.807, 2.05) is 0 Å². The molecule has 0 aliphatic rings. The molecule has 1 aromatic carbocycles. The molecule has 10 heteroatoms. The van der Waals surface area contributed by atoms with E-state index >= 15 is 0 Å². The molecule has 0 aliphatic carbocycles. The van der Waals surface area contributed by atoms with Crippen molar-refractivity contribution in [1.29, 1.82) is 0 Å². The van der Waals surface area contributed by atoms with Crippen LogP contribution in [0.25, 0.3) is 0 Å². The first kappa shape index (κ1) is 18.5. The molecule has 124 valence electrons. The highest BCUT2D eigenvalue weighted by Crippen LogP contribution is 2.29. The van der Waals surface area contributed by atoms with E-state index in [0.717, 1.165) is 12.1 Å². The normalized spacial score (nSPS) is 11.3. The highest BCUT2D eigenvalue weighted by atomic mass is 35.5. The van der Waals surface area contributed by atoms with Gasteiger partial charge in [0, 0.05) is 18.9 Å². The molecule has 0 spiro atoms. The summed E-state index contributed by atoms with van der Waals surface area (Å²) in [7, 11) is 0. The van der Waals surface area contributed by atoms with Gasteiger partial charge in [-0.3, -0.25) is 0 Å². The zero-order valence-corrected chi connectivity index (χ0v) is 12.6. The SMILES string of the molecule is Cl.NC(N)=N/N=C/c1nccn1Cc1cccc(C(F)(F)F)c1. The van der Waals surface area contributed by atoms with Crippen LogP contribution in [0.4, 0.5) is 13.2 Å². The zero-order valence-electron chi connectivity index (χ0n) is 11.7. The molecule has 6 nitrogen and oxygen atoms in total. The molecule has 0 bridgehead atoms. The number of nitrogens with zero attached hydrogens (tertiary/aromatic N) is 4. The summed E-state index contributed by atoms with van der Waals surface area (Å²) in [6, 6.07) is 5.09. The summed E-state index contributed by atoms with van der Waals surface area (Å²) < 4.78 is 39.7. The van der Waals surface area contributed by atoms with Gasteiger partial charge in [0.25, 0.3) is 0 Å². The summed E-state index contributed by atoms with van der Waals surface area (Å²) >= 11 is 0. The average Bonchev–Trinajstić information content (AvgIpc) is 2.85. The molecule has 0 atom stereocenters. The van der Waals surface area contributed by atoms with Gasteiger partial charge in [-0.1, -0.05) is 12.1 Å². The number of nitrogens with two attached hydrogens (primary N) is 2. The number of hydrogen-bond donors (Lipinski definition) is 2. The Morgan fingerprint density at radius 3 is 2.70 bits per heavy atom. The molecule has 4 N–H and O–H groups in total. The number of imidazole rings is 1. The third kappa shape index (κ3) is 5.29. The van der Waals surface area contributed by atoms with Crippen LogP contribution in [0.2, 0.25) is 0 Å². The average molecular weight is 347 g/mol. The van der Waals surface area contributed by atoms with Crippen molar-refractivity contribution in [3.05, 3.63) is 53.6 Å². The Balaban J connectivity index is 0.00000264. The van der Waals surface area contributed by atoms with E-state index in [9.17, 15) is 13.2 Å². The number of hydrogen-bond acceptors (Lipinski definition) is 3. The van der Waals surface area contributed by atoms with E-state index in [0.29, 0.717) is 11.4 Å². The molecule has 2 rings (SSSR count). The molecule has 0 radical (unpaired) electrons. The van der Waals surface area contributed by atoms with Gasteiger partial charge < -0.3 is 16.0 Å². The van der Waals surface area contributed by atoms with Crippen molar-refractivity contribution in [1.82, 2.24) is 9.55 Å². The Bertz CT molecular complexity index is 704. The van der Waals surface area contributed by atoms with Crippen LogP contribution in [0.1, 0.15) is 17.0 Å². The second kappa shape index (κ2) is 7.63. The van der Waals surface area contributed by atoms with Crippen LogP contribution in [0.5, 0.6) is 0 Å². The quantitative estimate of drug-likeness (QED) is 0.503. The van der Waals surface area contributed by atoms with Crippen molar-refractivity contribution in [2.24, 2.45) is 21.7 Å². The lowest BCUT2D eigenvalue weighted by Gasteiger charge is -2.09. The summed E-state index contributed by atoms with van der Waals surface area (Å²) in [6.45, 7) is 0.215. The van der Waals surface area contributed by atoms with E-state index in [2.05, 4.69) is 15.2 Å². The lowest BCUT2D eigenvalue weighted by atomic mass is 10.1. The summed E-state index contributed by atoms with van der Waals surface area (Å²) in [5, 5.41) is 7.06. The zero-order chi connectivity index (χ0) is 16.2. The van der Waals surface area contributed by atoms with Gasteiger partial charge in [0.1, 0.15) is 0 Å². The Morgan fingerprint density at radius 1 is 1.30 bits per heavy atom. The number of rotatable bonds is 4. The summed E-state index contributed by atoms with van der Waals surface area (Å²) in [5.74, 6) is 0.217. The Morgan fingerprint density at radius 2 is 2.04 bits per heavy atom. The fourth-order valence-electron chi connectivity index (χ4n) is 1.77. The van der Waals surface area contributed by atoms with Gasteiger partial charge in [-0.15, -0.1) is 17.5 Å². The number of halogens is 4. The molecule has 23 heavy (non-hydrogen) atoms. The molecule has 2 aromatic rings. The monoisotopic (exact) mass is 346 g/mol. The fraction of sp³-hybridized carbons (Fsp3) is 0.154. The van der Waals surface area contributed by atoms with Crippen LogP contribution in [0.15, 0.2) is 46.9 Å². The fourth-order valence-corrected chi connectivity index (χ4v) is 1.77. The maximum absolute atomic E-state index is 12.7. The van der Waals surface area contributed by atoms with Gasteiger partial charge in [0.05, 0.1) is 11.8 Å². The topological polar surface area (TPSA) is 94.6 Å². The van der Waals surface area contributed by atoms with Gasteiger partial charge in [-0.25, -0.2) is 4.98 Å². The Hall–Kier alpha value is -2.55. The highest BCUT2D eigenvalue weighted by molar-refractivity contribution is 5.85. The first-order valence-electron chi connectivity index (χ1n) is 6.15. The molecule has 0 fully saturated rings. The molecule has 1 aromatic heterocycles. The van der Waals surface area contributed by atoms with Crippen LogP contribution in [0.3, 0.4) is 0 Å². The number of aromatic nitrogens is 2. The maximum Gasteiger partial charge on any atom is 0.416 e. The second-order valence-corrected chi connectivity index (χ2v) is 4.38. The third-order valence-corrected chi connectivity index (χ3v) is 2.70. The van der Waals surface area contributed by atoms with Gasteiger partial charge in [-0.05, 0) is 17.7 Å². The molecular weight excluding hydrogens is 333 g/mol. The summed E-state index contributed by atoms with van der Waals surface area (Å²) in [5.41, 5.74) is 10.1. The number of alkyl halides is 3. The predicted octanol–water partition coefficient (Wildman–Crippen LogP) is 1.98. The van der Waals surface area contributed by atoms with Crippen LogP contribution >= 0.6 is 12.4 Å². The van der Waals surface area contributed by atoms with Crippen molar-refractivity contribution < 1.29 is 13.2 Å². The van der Waals surface area contributed by atoms with Gasteiger partial charge in [-0.2, -0.15) is 18.3 Å². The van der Waals surface area contributed by atoms with Crippen molar-refractivity contribution in [2.75, 3.05) is 0 Å². The van der Waals surface area contributed by atoms with E-state index in [-0.39, 0.29) is 24.9 Å². The van der Waals surface area contributed by atoms with Crippen molar-refractivity contribution in [3.8, 4) is 0 Å². The summed E-state index contributed by atoms with van der Waals surface area (Å²) in [6.07, 6.45) is 0.0670. The molecular formula is C13H14ClF3N6. The van der Waals surface area contributed by atoms with E-state index in [1.165, 1.54) is 18.5 Å². The van der Waals surface area contributed by atoms with Gasteiger partial charge in [0.15, 0.2) is 5.82 Å². The molecule has 0 saturated heterocycles. The lowest BCUT2D eigenvalue weighted by Crippen LogP contribution is -2.21.